The molecule has 5 heteroatoms. The van der Waals surface area contributed by atoms with E-state index in [-0.39, 0.29) is 17.2 Å². The molecule has 1 spiro atoms. The highest BCUT2D eigenvalue weighted by molar-refractivity contribution is 7.10. The van der Waals surface area contributed by atoms with Gasteiger partial charge in [-0.3, -0.25) is 19.4 Å². The van der Waals surface area contributed by atoms with Crippen LogP contribution >= 0.6 is 11.3 Å². The summed E-state index contributed by atoms with van der Waals surface area (Å²) in [4.78, 5) is 30.4. The van der Waals surface area contributed by atoms with E-state index in [4.69, 9.17) is 0 Å². The fourth-order valence-corrected chi connectivity index (χ4v) is 5.32. The van der Waals surface area contributed by atoms with Crippen LogP contribution in [0.15, 0.2) is 17.5 Å². The lowest BCUT2D eigenvalue weighted by molar-refractivity contribution is -0.144. The summed E-state index contributed by atoms with van der Waals surface area (Å²) in [5.74, 6) is 0.149. The van der Waals surface area contributed by atoms with E-state index in [1.54, 1.807) is 16.2 Å². The summed E-state index contributed by atoms with van der Waals surface area (Å²) in [6, 6.07) is 4.62. The first-order valence-corrected chi connectivity index (χ1v) is 9.20. The first-order chi connectivity index (χ1) is 10.7. The highest BCUT2D eigenvalue weighted by Gasteiger charge is 2.53. The van der Waals surface area contributed by atoms with E-state index < -0.39 is 0 Å². The molecule has 0 aromatic carbocycles. The van der Waals surface area contributed by atoms with Crippen LogP contribution in [-0.2, 0) is 9.59 Å². The lowest BCUT2D eigenvalue weighted by Gasteiger charge is -2.29. The number of imide groups is 1. The third-order valence-electron chi connectivity index (χ3n) is 5.61. The van der Waals surface area contributed by atoms with Crippen molar-refractivity contribution in [2.24, 2.45) is 5.41 Å². The van der Waals surface area contributed by atoms with Crippen molar-refractivity contribution in [2.45, 2.75) is 51.0 Å². The minimum absolute atomic E-state index is 0.0451. The van der Waals surface area contributed by atoms with Crippen LogP contribution in [0.25, 0.3) is 0 Å². The minimum atomic E-state index is -0.338. The number of carbonyl (C=O) groups is 2. The molecular weight excluding hydrogens is 296 g/mol. The summed E-state index contributed by atoms with van der Waals surface area (Å²) < 4.78 is 0. The van der Waals surface area contributed by atoms with Gasteiger partial charge in [-0.15, -0.1) is 11.3 Å². The van der Waals surface area contributed by atoms with Crippen molar-refractivity contribution < 1.29 is 9.59 Å². The lowest BCUT2D eigenvalue weighted by atomic mass is 9.85. The highest BCUT2D eigenvalue weighted by Crippen LogP contribution is 2.47. The molecule has 3 aliphatic rings. The van der Waals surface area contributed by atoms with Crippen molar-refractivity contribution in [2.75, 3.05) is 13.2 Å². The average molecular weight is 318 g/mol. The van der Waals surface area contributed by atoms with E-state index in [0.717, 1.165) is 45.1 Å². The van der Waals surface area contributed by atoms with Crippen LogP contribution in [0.2, 0.25) is 0 Å². The quantitative estimate of drug-likeness (QED) is 0.804. The molecule has 3 fully saturated rings. The molecule has 1 saturated carbocycles. The van der Waals surface area contributed by atoms with Gasteiger partial charge >= 0.3 is 0 Å². The summed E-state index contributed by atoms with van der Waals surface area (Å²) in [6.07, 6.45) is 6.71. The Balaban J connectivity index is 1.51. The Labute approximate surface area is 135 Å². The molecule has 1 aromatic rings. The predicted molar refractivity (Wildman–Crippen MR) is 85.2 cm³/mol. The van der Waals surface area contributed by atoms with Gasteiger partial charge in [-0.1, -0.05) is 18.9 Å². The molecule has 1 aromatic heterocycles. The van der Waals surface area contributed by atoms with Crippen LogP contribution < -0.4 is 0 Å². The molecule has 0 unspecified atom stereocenters. The third-order valence-corrected chi connectivity index (χ3v) is 6.58. The molecule has 0 N–H and O–H groups in total. The average Bonchev–Trinajstić information content (AvgIpc) is 3.26. The fourth-order valence-electron chi connectivity index (χ4n) is 4.43. The molecule has 2 saturated heterocycles. The molecule has 118 valence electrons. The first kappa shape index (κ1) is 14.4. The molecule has 0 bridgehead atoms. The molecule has 1 atom stereocenters. The zero-order valence-corrected chi connectivity index (χ0v) is 13.6. The van der Waals surface area contributed by atoms with Crippen molar-refractivity contribution in [3.05, 3.63) is 22.4 Å². The Kier molecular flexibility index (Phi) is 3.57. The fraction of sp³-hybridized carbons (Fsp3) is 0.647. The minimum Gasteiger partial charge on any atom is -0.278 e. The van der Waals surface area contributed by atoms with Gasteiger partial charge in [0.05, 0.1) is 12.1 Å². The second-order valence-corrected chi connectivity index (χ2v) is 7.90. The Morgan fingerprint density at radius 1 is 1.23 bits per heavy atom. The molecule has 4 rings (SSSR count). The number of carbonyl (C=O) groups excluding carboxylic acids is 2. The number of rotatable bonds is 3. The van der Waals surface area contributed by atoms with Gasteiger partial charge < -0.3 is 0 Å². The van der Waals surface area contributed by atoms with Crippen LogP contribution in [-0.4, -0.2) is 34.8 Å². The maximum atomic E-state index is 12.8. The van der Waals surface area contributed by atoms with Crippen LogP contribution in [0.3, 0.4) is 0 Å². The van der Waals surface area contributed by atoms with Crippen molar-refractivity contribution >= 4 is 23.2 Å². The third kappa shape index (κ3) is 2.22. The van der Waals surface area contributed by atoms with Gasteiger partial charge in [0.1, 0.15) is 0 Å². The van der Waals surface area contributed by atoms with Crippen molar-refractivity contribution in [1.82, 2.24) is 9.80 Å². The van der Waals surface area contributed by atoms with Gasteiger partial charge in [0.25, 0.3) is 0 Å². The molecule has 2 amide bonds. The zero-order chi connectivity index (χ0) is 15.2. The zero-order valence-electron chi connectivity index (χ0n) is 12.8. The topological polar surface area (TPSA) is 40.6 Å². The molecule has 2 aliphatic heterocycles. The predicted octanol–water partition coefficient (Wildman–Crippen LogP) is 3.16. The molecule has 1 aliphatic carbocycles. The summed E-state index contributed by atoms with van der Waals surface area (Å²) in [6.45, 7) is 1.47. The Morgan fingerprint density at radius 2 is 2.05 bits per heavy atom. The summed E-state index contributed by atoms with van der Waals surface area (Å²) in [5, 5.41) is 2.10. The number of likely N-dealkylation sites (tertiary alicyclic amines) is 2. The second kappa shape index (κ2) is 5.46. The van der Waals surface area contributed by atoms with E-state index in [2.05, 4.69) is 22.4 Å². The highest BCUT2D eigenvalue weighted by atomic mass is 32.1. The van der Waals surface area contributed by atoms with Crippen LogP contribution in [0.4, 0.5) is 0 Å². The molecule has 3 heterocycles. The van der Waals surface area contributed by atoms with Crippen molar-refractivity contribution in [3.63, 3.8) is 0 Å². The maximum Gasteiger partial charge on any atom is 0.237 e. The Morgan fingerprint density at radius 3 is 2.77 bits per heavy atom. The van der Waals surface area contributed by atoms with E-state index in [0.29, 0.717) is 19.1 Å². The van der Waals surface area contributed by atoms with Crippen LogP contribution in [0.1, 0.15) is 55.9 Å². The number of thiophene rings is 1. The van der Waals surface area contributed by atoms with Gasteiger partial charge in [-0.2, -0.15) is 0 Å². The van der Waals surface area contributed by atoms with E-state index >= 15 is 0 Å². The van der Waals surface area contributed by atoms with Crippen LogP contribution in [0.5, 0.6) is 0 Å². The van der Waals surface area contributed by atoms with Gasteiger partial charge in [0.15, 0.2) is 0 Å². The first-order valence-electron chi connectivity index (χ1n) is 8.32. The van der Waals surface area contributed by atoms with Crippen molar-refractivity contribution in [3.8, 4) is 0 Å². The van der Waals surface area contributed by atoms with E-state index in [9.17, 15) is 9.59 Å². The van der Waals surface area contributed by atoms with Gasteiger partial charge in [-0.25, -0.2) is 0 Å². The number of hydrogen-bond acceptors (Lipinski definition) is 4. The molecule has 0 radical (unpaired) electrons. The normalized spacial score (nSPS) is 28.4. The maximum absolute atomic E-state index is 12.8. The Bertz CT molecular complexity index is 577. The monoisotopic (exact) mass is 318 g/mol. The molecular formula is C17H22N2O2S. The van der Waals surface area contributed by atoms with Crippen molar-refractivity contribution in [1.29, 1.82) is 0 Å². The van der Waals surface area contributed by atoms with E-state index in [1.807, 2.05) is 0 Å². The van der Waals surface area contributed by atoms with Gasteiger partial charge in [0.2, 0.25) is 11.8 Å². The largest absolute Gasteiger partial charge is 0.278 e. The van der Waals surface area contributed by atoms with E-state index in [1.165, 1.54) is 4.88 Å². The summed E-state index contributed by atoms with van der Waals surface area (Å²) in [5.41, 5.74) is -0.338. The lowest BCUT2D eigenvalue weighted by Crippen LogP contribution is -2.42. The number of amides is 2. The molecule has 22 heavy (non-hydrogen) atoms. The number of nitrogens with zero attached hydrogens (tertiary/aromatic N) is 2. The summed E-state index contributed by atoms with van der Waals surface area (Å²) >= 11 is 1.77. The summed E-state index contributed by atoms with van der Waals surface area (Å²) in [7, 11) is 0. The second-order valence-electron chi connectivity index (χ2n) is 6.92. The van der Waals surface area contributed by atoms with Gasteiger partial charge in [-0.05, 0) is 37.1 Å². The van der Waals surface area contributed by atoms with Crippen LogP contribution in [0, 0.1) is 5.41 Å². The standard InChI is InChI=1S/C17H22N2O2S/c20-15-11-17(7-1-2-8-17)16(21)19(15)12-18-9-3-5-13(18)14-6-4-10-22-14/h4,6,10,13H,1-3,5,7-9,11-12H2/t13-/m1/s1. The smallest absolute Gasteiger partial charge is 0.237 e. The Hall–Kier alpha value is -1.20. The molecule has 4 nitrogen and oxygen atoms in total. The van der Waals surface area contributed by atoms with Gasteiger partial charge in [0, 0.05) is 23.9 Å². The number of hydrogen-bond donors (Lipinski definition) is 0. The SMILES string of the molecule is O=C1CC2(CCCC2)C(=O)N1CN1CCC[C@@H]1c1cccs1.